The molecule has 1 aliphatic carbocycles. The van der Waals surface area contributed by atoms with Crippen molar-refractivity contribution >= 4 is 17.5 Å². The van der Waals surface area contributed by atoms with Gasteiger partial charge in [0.2, 0.25) is 5.91 Å². The number of likely N-dealkylation sites (N-methyl/N-ethyl adjacent to an activating group) is 1. The van der Waals surface area contributed by atoms with Gasteiger partial charge in [0.25, 0.3) is 5.91 Å². The van der Waals surface area contributed by atoms with Crippen molar-refractivity contribution in [1.82, 2.24) is 4.90 Å². The number of carbonyl (C=O) groups is 2. The van der Waals surface area contributed by atoms with Crippen LogP contribution in [0.15, 0.2) is 42.5 Å². The van der Waals surface area contributed by atoms with Gasteiger partial charge in [-0.2, -0.15) is 0 Å². The van der Waals surface area contributed by atoms with Gasteiger partial charge in [-0.15, -0.1) is 0 Å². The molecule has 26 heavy (non-hydrogen) atoms. The maximum atomic E-state index is 13.5. The molecule has 6 heteroatoms. The molecule has 0 saturated carbocycles. The molecule has 0 radical (unpaired) electrons. The van der Waals surface area contributed by atoms with E-state index < -0.39 is 11.7 Å². The van der Waals surface area contributed by atoms with Crippen LogP contribution in [0.5, 0.6) is 0 Å². The third-order valence-electron chi connectivity index (χ3n) is 4.87. The molecule has 0 unspecified atom stereocenters. The Balaban J connectivity index is 1.68. The molecule has 0 saturated heterocycles. The second kappa shape index (κ2) is 7.56. The Morgan fingerprint density at radius 2 is 2.04 bits per heavy atom. The number of hydrogen-bond donors (Lipinski definition) is 2. The first-order chi connectivity index (χ1) is 12.5. The van der Waals surface area contributed by atoms with Crippen molar-refractivity contribution < 1.29 is 14.0 Å². The molecular formula is C20H22FN3O2. The molecule has 2 aromatic carbocycles. The lowest BCUT2D eigenvalue weighted by Gasteiger charge is -2.33. The van der Waals surface area contributed by atoms with Gasteiger partial charge in [0.1, 0.15) is 5.82 Å². The summed E-state index contributed by atoms with van der Waals surface area (Å²) in [5, 5.41) is 2.95. The van der Waals surface area contributed by atoms with Gasteiger partial charge < -0.3 is 16.0 Å². The Bertz CT molecular complexity index is 838. The molecule has 1 aliphatic rings. The van der Waals surface area contributed by atoms with Gasteiger partial charge in [-0.1, -0.05) is 24.3 Å². The number of halogens is 1. The van der Waals surface area contributed by atoms with Gasteiger partial charge >= 0.3 is 0 Å². The number of nitrogens with two attached hydrogens (primary N) is 1. The van der Waals surface area contributed by atoms with Crippen molar-refractivity contribution in [3.63, 3.8) is 0 Å². The second-order valence-electron chi connectivity index (χ2n) is 6.52. The summed E-state index contributed by atoms with van der Waals surface area (Å²) < 4.78 is 13.5. The molecule has 136 valence electrons. The van der Waals surface area contributed by atoms with Crippen LogP contribution < -0.4 is 11.1 Å². The molecule has 5 nitrogen and oxygen atoms in total. The average molecular weight is 355 g/mol. The summed E-state index contributed by atoms with van der Waals surface area (Å²) in [5.74, 6) is -1.59. The average Bonchev–Trinajstić information content (AvgIpc) is 2.65. The summed E-state index contributed by atoms with van der Waals surface area (Å²) in [6.45, 7) is 0.0546. The third-order valence-corrected chi connectivity index (χ3v) is 4.87. The van der Waals surface area contributed by atoms with Gasteiger partial charge in [-0.3, -0.25) is 9.59 Å². The fourth-order valence-corrected chi connectivity index (χ4v) is 3.43. The zero-order valence-electron chi connectivity index (χ0n) is 14.7. The molecule has 2 amide bonds. The molecule has 3 N–H and O–H groups in total. The molecule has 1 atom stereocenters. The van der Waals surface area contributed by atoms with E-state index in [9.17, 15) is 14.0 Å². The highest BCUT2D eigenvalue weighted by molar-refractivity contribution is 5.94. The van der Waals surface area contributed by atoms with E-state index in [1.165, 1.54) is 23.3 Å². The largest absolute Gasteiger partial charge is 0.376 e. The lowest BCUT2D eigenvalue weighted by molar-refractivity contribution is -0.130. The monoisotopic (exact) mass is 355 g/mol. The fourth-order valence-electron chi connectivity index (χ4n) is 3.43. The molecule has 0 heterocycles. The number of carbonyl (C=O) groups excluding carboxylic acids is 2. The first-order valence-electron chi connectivity index (χ1n) is 8.64. The molecule has 0 spiro atoms. The summed E-state index contributed by atoms with van der Waals surface area (Å²) >= 11 is 0. The van der Waals surface area contributed by atoms with E-state index in [-0.39, 0.29) is 24.1 Å². The van der Waals surface area contributed by atoms with Crippen LogP contribution in [-0.4, -0.2) is 30.3 Å². The number of fused-ring (bicyclic) bond motifs is 1. The number of benzene rings is 2. The Morgan fingerprint density at radius 3 is 2.81 bits per heavy atom. The van der Waals surface area contributed by atoms with E-state index in [2.05, 4.69) is 17.4 Å². The maximum Gasteiger partial charge on any atom is 0.251 e. The number of primary amides is 1. The maximum absolute atomic E-state index is 13.5. The number of aryl methyl sites for hydroxylation is 1. The normalized spacial score (nSPS) is 15.8. The number of anilines is 1. The second-order valence-corrected chi connectivity index (χ2v) is 6.52. The summed E-state index contributed by atoms with van der Waals surface area (Å²) in [4.78, 5) is 25.6. The first-order valence-corrected chi connectivity index (χ1v) is 8.64. The first kappa shape index (κ1) is 17.9. The van der Waals surface area contributed by atoms with Crippen molar-refractivity contribution in [3.05, 3.63) is 65.0 Å². The molecule has 0 fully saturated rings. The lowest BCUT2D eigenvalue weighted by Crippen LogP contribution is -2.37. The minimum absolute atomic E-state index is 0.0546. The molecule has 0 aliphatic heterocycles. The van der Waals surface area contributed by atoms with Crippen LogP contribution in [0.3, 0.4) is 0 Å². The summed E-state index contributed by atoms with van der Waals surface area (Å²) in [6.07, 6.45) is 3.02. The van der Waals surface area contributed by atoms with Gasteiger partial charge in [-0.25, -0.2) is 4.39 Å². The number of amides is 2. The minimum Gasteiger partial charge on any atom is -0.376 e. The Labute approximate surface area is 152 Å². The lowest BCUT2D eigenvalue weighted by atomic mass is 9.87. The Hall–Kier alpha value is -2.89. The van der Waals surface area contributed by atoms with Crippen molar-refractivity contribution in [1.29, 1.82) is 0 Å². The summed E-state index contributed by atoms with van der Waals surface area (Å²) in [6, 6.07) is 12.2. The number of nitrogens with one attached hydrogen (secondary N) is 1. The van der Waals surface area contributed by atoms with Gasteiger partial charge in [0, 0.05) is 12.7 Å². The quantitative estimate of drug-likeness (QED) is 0.866. The van der Waals surface area contributed by atoms with Gasteiger partial charge in [-0.05, 0) is 48.6 Å². The summed E-state index contributed by atoms with van der Waals surface area (Å²) in [7, 11) is 1.80. The van der Waals surface area contributed by atoms with Crippen molar-refractivity contribution in [3.8, 4) is 0 Å². The van der Waals surface area contributed by atoms with Crippen LogP contribution in [0.25, 0.3) is 0 Å². The molecule has 3 rings (SSSR count). The van der Waals surface area contributed by atoms with E-state index in [0.717, 1.165) is 25.3 Å². The van der Waals surface area contributed by atoms with E-state index in [1.54, 1.807) is 11.9 Å². The van der Waals surface area contributed by atoms with E-state index in [1.807, 2.05) is 12.1 Å². The Kier molecular flexibility index (Phi) is 5.21. The topological polar surface area (TPSA) is 75.4 Å². The van der Waals surface area contributed by atoms with Gasteiger partial charge in [0.15, 0.2) is 0 Å². The molecule has 0 bridgehead atoms. The zero-order valence-corrected chi connectivity index (χ0v) is 14.7. The van der Waals surface area contributed by atoms with Crippen molar-refractivity contribution in [2.75, 3.05) is 18.9 Å². The standard InChI is InChI=1S/C20H22FN3O2/c1-24(18-8-4-6-13-5-2-3-7-15(13)18)19(25)12-23-14-9-10-17(21)16(11-14)20(22)26/h2-3,5,7,9-11,18,23H,4,6,8,12H2,1H3,(H2,22,26)/t18-/m1/s1. The summed E-state index contributed by atoms with van der Waals surface area (Å²) in [5.41, 5.74) is 7.92. The Morgan fingerprint density at radius 1 is 1.27 bits per heavy atom. The third kappa shape index (κ3) is 3.69. The van der Waals surface area contributed by atoms with E-state index in [0.29, 0.717) is 5.69 Å². The van der Waals surface area contributed by atoms with Crippen LogP contribution in [0, 0.1) is 5.82 Å². The SMILES string of the molecule is CN(C(=O)CNc1ccc(F)c(C(N)=O)c1)[C@@H]1CCCc2ccccc21. The fraction of sp³-hybridized carbons (Fsp3) is 0.300. The number of hydrogen-bond acceptors (Lipinski definition) is 3. The highest BCUT2D eigenvalue weighted by Gasteiger charge is 2.26. The minimum atomic E-state index is -0.839. The molecule has 2 aromatic rings. The predicted molar refractivity (Wildman–Crippen MR) is 98.3 cm³/mol. The highest BCUT2D eigenvalue weighted by Crippen LogP contribution is 2.33. The molecule has 0 aromatic heterocycles. The number of nitrogens with zero attached hydrogens (tertiary/aromatic N) is 1. The smallest absolute Gasteiger partial charge is 0.251 e. The highest BCUT2D eigenvalue weighted by atomic mass is 19.1. The van der Waals surface area contributed by atoms with Gasteiger partial charge in [0.05, 0.1) is 18.2 Å². The predicted octanol–water partition coefficient (Wildman–Crippen LogP) is 2.87. The van der Waals surface area contributed by atoms with Crippen molar-refractivity contribution in [2.24, 2.45) is 5.73 Å². The van der Waals surface area contributed by atoms with Crippen molar-refractivity contribution in [2.45, 2.75) is 25.3 Å². The van der Waals surface area contributed by atoms with Crippen LogP contribution in [0.2, 0.25) is 0 Å². The van der Waals surface area contributed by atoms with Crippen LogP contribution >= 0.6 is 0 Å². The van der Waals surface area contributed by atoms with E-state index in [4.69, 9.17) is 5.73 Å². The van der Waals surface area contributed by atoms with Crippen LogP contribution in [-0.2, 0) is 11.2 Å². The zero-order chi connectivity index (χ0) is 18.7. The van der Waals surface area contributed by atoms with Crippen LogP contribution in [0.1, 0.15) is 40.4 Å². The molecular weight excluding hydrogens is 333 g/mol. The van der Waals surface area contributed by atoms with Crippen LogP contribution in [0.4, 0.5) is 10.1 Å². The number of rotatable bonds is 5. The van der Waals surface area contributed by atoms with E-state index >= 15 is 0 Å².